The van der Waals surface area contributed by atoms with Crippen LogP contribution in [0, 0.1) is 0 Å². The van der Waals surface area contributed by atoms with Gasteiger partial charge in [-0.25, -0.2) is 4.98 Å². The molecule has 0 saturated carbocycles. The van der Waals surface area contributed by atoms with E-state index >= 15 is 0 Å². The van der Waals surface area contributed by atoms with Gasteiger partial charge in [-0.3, -0.25) is 4.79 Å². The lowest BCUT2D eigenvalue weighted by Gasteiger charge is -2.08. The van der Waals surface area contributed by atoms with Crippen LogP contribution in [0.2, 0.25) is 0 Å². The minimum absolute atomic E-state index is 0.0480. The third-order valence-electron chi connectivity index (χ3n) is 4.43. The Morgan fingerprint density at radius 3 is 2.69 bits per heavy atom. The van der Waals surface area contributed by atoms with Crippen LogP contribution in [-0.2, 0) is 17.6 Å². The zero-order chi connectivity index (χ0) is 22.5. The first-order valence-corrected chi connectivity index (χ1v) is 10.8. The molecule has 32 heavy (non-hydrogen) atoms. The van der Waals surface area contributed by atoms with Crippen LogP contribution in [0.25, 0.3) is 21.3 Å². The minimum atomic E-state index is -0.311. The molecule has 1 amide bonds. The average Bonchev–Trinajstić information content (AvgIpc) is 3.39. The number of carbonyl (C=O) groups is 1. The van der Waals surface area contributed by atoms with E-state index in [4.69, 9.17) is 4.42 Å². The maximum atomic E-state index is 12.2. The molecule has 0 spiro atoms. The number of amidine groups is 1. The molecule has 4 rings (SSSR count). The van der Waals surface area contributed by atoms with E-state index < -0.39 is 0 Å². The summed E-state index contributed by atoms with van der Waals surface area (Å²) < 4.78 is 6.75. The van der Waals surface area contributed by atoms with Crippen LogP contribution >= 0.6 is 11.3 Å². The number of benzene rings is 2. The van der Waals surface area contributed by atoms with Crippen LogP contribution in [0.1, 0.15) is 16.8 Å². The molecule has 162 valence electrons. The van der Waals surface area contributed by atoms with Crippen LogP contribution < -0.4 is 5.32 Å². The van der Waals surface area contributed by atoms with Gasteiger partial charge in [0.15, 0.2) is 5.84 Å². The highest BCUT2D eigenvalue weighted by Crippen LogP contribution is 2.29. The number of rotatable bonds is 7. The number of thiazole rings is 1. The lowest BCUT2D eigenvalue weighted by molar-refractivity contribution is -0.119. The molecule has 0 aliphatic carbocycles. The van der Waals surface area contributed by atoms with Gasteiger partial charge in [-0.15, -0.1) is 21.5 Å². The average molecular weight is 447 g/mol. The number of nitrogens with one attached hydrogen (secondary N) is 1. The lowest BCUT2D eigenvalue weighted by Crippen LogP contribution is -2.31. The fourth-order valence-electron chi connectivity index (χ4n) is 3.08. The van der Waals surface area contributed by atoms with E-state index in [1.807, 2.05) is 24.3 Å². The Bertz CT molecular complexity index is 1280. The van der Waals surface area contributed by atoms with Crippen molar-refractivity contribution in [2.24, 2.45) is 5.10 Å². The second-order valence-corrected chi connectivity index (χ2v) is 8.30. The predicted molar refractivity (Wildman–Crippen MR) is 125 cm³/mol. The summed E-state index contributed by atoms with van der Waals surface area (Å²) in [5.74, 6) is 0.692. The van der Waals surface area contributed by atoms with Crippen LogP contribution in [0.5, 0.6) is 0 Å². The summed E-state index contributed by atoms with van der Waals surface area (Å²) in [4.78, 5) is 16.9. The standard InChI is InChI=1S/C23H22N6O2S/c1-4-19(28-29(2)3)25-20(30)13-21-26-27-22(31-21)14-23-24-17-11-10-16(12-18(17)32-23)15-8-6-5-7-9-15/h4-12H,1,13-14H2,2-3H3,(H,25,28,30). The van der Waals surface area contributed by atoms with E-state index in [-0.39, 0.29) is 18.2 Å². The second-order valence-electron chi connectivity index (χ2n) is 7.18. The highest BCUT2D eigenvalue weighted by atomic mass is 32.1. The molecule has 8 nitrogen and oxygen atoms in total. The summed E-state index contributed by atoms with van der Waals surface area (Å²) in [5, 5.41) is 17.2. The van der Waals surface area contributed by atoms with Crippen molar-refractivity contribution in [3.8, 4) is 11.1 Å². The minimum Gasteiger partial charge on any atom is -0.424 e. The first-order chi connectivity index (χ1) is 15.5. The van der Waals surface area contributed by atoms with Crippen molar-refractivity contribution in [1.82, 2.24) is 25.5 Å². The Balaban J connectivity index is 1.43. The van der Waals surface area contributed by atoms with Crippen LogP contribution in [0.15, 0.2) is 70.7 Å². The SMILES string of the molecule is C=C/C(=N\N(C)C)NC(=O)Cc1nnc(Cc2nc3ccc(-c4ccccc4)cc3s2)o1. The van der Waals surface area contributed by atoms with Crippen molar-refractivity contribution in [3.63, 3.8) is 0 Å². The summed E-state index contributed by atoms with van der Waals surface area (Å²) in [6.45, 7) is 3.64. The Labute approximate surface area is 189 Å². The van der Waals surface area contributed by atoms with Crippen LogP contribution in [0.4, 0.5) is 0 Å². The summed E-state index contributed by atoms with van der Waals surface area (Å²) in [5.41, 5.74) is 3.25. The van der Waals surface area contributed by atoms with Gasteiger partial charge in [-0.1, -0.05) is 43.0 Å². The molecule has 2 heterocycles. The Morgan fingerprint density at radius 2 is 1.94 bits per heavy atom. The van der Waals surface area contributed by atoms with E-state index in [1.54, 1.807) is 30.4 Å². The third-order valence-corrected chi connectivity index (χ3v) is 5.45. The molecule has 0 fully saturated rings. The maximum absolute atomic E-state index is 12.2. The molecule has 4 aromatic rings. The van der Waals surface area contributed by atoms with Crippen LogP contribution in [0.3, 0.4) is 0 Å². The summed E-state index contributed by atoms with van der Waals surface area (Å²) in [7, 11) is 3.51. The molecule has 2 aromatic heterocycles. The number of aromatic nitrogens is 3. The number of carbonyl (C=O) groups excluding carboxylic acids is 1. The van der Waals surface area contributed by atoms with Gasteiger partial charge in [0, 0.05) is 14.1 Å². The topological polar surface area (TPSA) is 96.5 Å². The van der Waals surface area contributed by atoms with Gasteiger partial charge in [0.05, 0.1) is 16.6 Å². The van der Waals surface area contributed by atoms with Crippen molar-refractivity contribution >= 4 is 33.3 Å². The molecule has 0 atom stereocenters. The molecule has 0 bridgehead atoms. The monoisotopic (exact) mass is 446 g/mol. The fourth-order valence-corrected chi connectivity index (χ4v) is 4.07. The molecule has 9 heteroatoms. The molecule has 0 aliphatic heterocycles. The summed E-state index contributed by atoms with van der Waals surface area (Å²) in [6, 6.07) is 16.5. The second kappa shape index (κ2) is 9.52. The Morgan fingerprint density at radius 1 is 1.16 bits per heavy atom. The van der Waals surface area contributed by atoms with E-state index in [9.17, 15) is 4.79 Å². The molecule has 0 aliphatic rings. The van der Waals surface area contributed by atoms with Gasteiger partial charge in [0.1, 0.15) is 11.4 Å². The maximum Gasteiger partial charge on any atom is 0.234 e. The van der Waals surface area contributed by atoms with Crippen molar-refractivity contribution in [2.75, 3.05) is 14.1 Å². The highest BCUT2D eigenvalue weighted by Gasteiger charge is 2.14. The largest absolute Gasteiger partial charge is 0.424 e. The number of amides is 1. The molecule has 0 radical (unpaired) electrons. The van der Waals surface area contributed by atoms with Gasteiger partial charge in [0.25, 0.3) is 0 Å². The van der Waals surface area contributed by atoms with E-state index in [0.717, 1.165) is 20.8 Å². The van der Waals surface area contributed by atoms with Gasteiger partial charge in [0.2, 0.25) is 17.7 Å². The smallest absolute Gasteiger partial charge is 0.234 e. The summed E-state index contributed by atoms with van der Waals surface area (Å²) >= 11 is 1.59. The Hall–Kier alpha value is -3.85. The molecule has 0 saturated heterocycles. The number of hydrazone groups is 1. The Kier molecular flexibility index (Phi) is 6.37. The normalized spacial score (nSPS) is 11.5. The number of hydrogen-bond donors (Lipinski definition) is 1. The van der Waals surface area contributed by atoms with Gasteiger partial charge < -0.3 is 14.7 Å². The molecule has 2 aromatic carbocycles. The quantitative estimate of drug-likeness (QED) is 0.264. The number of fused-ring (bicyclic) bond motifs is 1. The molecular formula is C23H22N6O2S. The zero-order valence-electron chi connectivity index (χ0n) is 17.8. The van der Waals surface area contributed by atoms with E-state index in [0.29, 0.717) is 18.1 Å². The van der Waals surface area contributed by atoms with Gasteiger partial charge in [-0.05, 0) is 29.3 Å². The first kappa shape index (κ1) is 21.4. The van der Waals surface area contributed by atoms with Crippen molar-refractivity contribution in [1.29, 1.82) is 0 Å². The molecule has 0 unspecified atom stereocenters. The molecular weight excluding hydrogens is 424 g/mol. The van der Waals surface area contributed by atoms with Crippen molar-refractivity contribution in [2.45, 2.75) is 12.8 Å². The van der Waals surface area contributed by atoms with Crippen molar-refractivity contribution < 1.29 is 9.21 Å². The van der Waals surface area contributed by atoms with E-state index in [1.165, 1.54) is 11.6 Å². The number of nitrogens with zero attached hydrogens (tertiary/aromatic N) is 5. The number of hydrogen-bond acceptors (Lipinski definition) is 8. The predicted octanol–water partition coefficient (Wildman–Crippen LogP) is 3.66. The summed E-state index contributed by atoms with van der Waals surface area (Å²) in [6.07, 6.45) is 1.83. The first-order valence-electron chi connectivity index (χ1n) is 9.94. The molecule has 1 N–H and O–H groups in total. The van der Waals surface area contributed by atoms with Gasteiger partial charge in [-0.2, -0.15) is 5.10 Å². The van der Waals surface area contributed by atoms with E-state index in [2.05, 4.69) is 56.4 Å². The lowest BCUT2D eigenvalue weighted by atomic mass is 10.1. The van der Waals surface area contributed by atoms with Gasteiger partial charge >= 0.3 is 0 Å². The zero-order valence-corrected chi connectivity index (χ0v) is 18.6. The van der Waals surface area contributed by atoms with Crippen LogP contribution in [-0.4, -0.2) is 46.0 Å². The van der Waals surface area contributed by atoms with Crippen molar-refractivity contribution in [3.05, 3.63) is 78.0 Å². The third kappa shape index (κ3) is 5.25. The highest BCUT2D eigenvalue weighted by molar-refractivity contribution is 7.18. The fraction of sp³-hybridized carbons (Fsp3) is 0.174.